The Kier molecular flexibility index (Phi) is 7.75. The van der Waals surface area contributed by atoms with Crippen molar-refractivity contribution in [2.24, 2.45) is 0 Å². The quantitative estimate of drug-likeness (QED) is 0.292. The molecule has 158 valence electrons. The Hall–Kier alpha value is -3.61. The molecule has 7 heteroatoms. The van der Waals surface area contributed by atoms with Crippen LogP contribution in [0.4, 0.5) is 0 Å². The van der Waals surface area contributed by atoms with Crippen LogP contribution in [0.3, 0.4) is 0 Å². The Bertz CT molecular complexity index is 968. The van der Waals surface area contributed by atoms with E-state index in [1.54, 1.807) is 50.3 Å². The van der Waals surface area contributed by atoms with Gasteiger partial charge in [-0.05, 0) is 50.1 Å². The Morgan fingerprint density at radius 2 is 1.83 bits per heavy atom. The molecule has 0 saturated heterocycles. The molecule has 1 aromatic carbocycles. The summed E-state index contributed by atoms with van der Waals surface area (Å²) in [6, 6.07) is 7.12. The molecule has 0 aliphatic heterocycles. The van der Waals surface area contributed by atoms with E-state index in [1.165, 1.54) is 20.1 Å². The lowest BCUT2D eigenvalue weighted by Gasteiger charge is -2.10. The third-order valence-electron chi connectivity index (χ3n) is 4.40. The molecule has 0 bridgehead atoms. The highest BCUT2D eigenvalue weighted by molar-refractivity contribution is 6.04. The summed E-state index contributed by atoms with van der Waals surface area (Å²) in [7, 11) is 1.27. The third-order valence-corrected chi connectivity index (χ3v) is 4.40. The van der Waals surface area contributed by atoms with Gasteiger partial charge in [0, 0.05) is 11.8 Å². The van der Waals surface area contributed by atoms with Gasteiger partial charge in [-0.1, -0.05) is 24.8 Å². The summed E-state index contributed by atoms with van der Waals surface area (Å²) >= 11 is 0. The number of Topliss-reactive ketones (excluding diaryl/α,β-unsaturated/α-hetero) is 1. The number of ether oxygens (including phenoxy) is 3. The van der Waals surface area contributed by atoms with E-state index in [0.29, 0.717) is 29.2 Å². The molecule has 0 spiro atoms. The number of methoxy groups -OCH3 is 1. The van der Waals surface area contributed by atoms with Crippen LogP contribution in [0.15, 0.2) is 43.0 Å². The number of rotatable bonds is 9. The van der Waals surface area contributed by atoms with Crippen LogP contribution in [0.25, 0.3) is 6.08 Å². The van der Waals surface area contributed by atoms with Crippen LogP contribution in [-0.4, -0.2) is 42.5 Å². The summed E-state index contributed by atoms with van der Waals surface area (Å²) in [5, 5.41) is 0. The number of aryl methyl sites for hydroxylation is 1. The minimum atomic E-state index is -1.03. The first kappa shape index (κ1) is 22.7. The lowest BCUT2D eigenvalue weighted by atomic mass is 10.1. The van der Waals surface area contributed by atoms with Crippen molar-refractivity contribution in [2.75, 3.05) is 13.7 Å². The first-order chi connectivity index (χ1) is 14.3. The second-order valence-electron chi connectivity index (χ2n) is 6.56. The van der Waals surface area contributed by atoms with Gasteiger partial charge in [0.05, 0.1) is 18.4 Å². The Balaban J connectivity index is 2.01. The molecule has 1 N–H and O–H groups in total. The van der Waals surface area contributed by atoms with Gasteiger partial charge in [-0.25, -0.2) is 9.59 Å². The normalized spacial score (nSPS) is 11.7. The standard InChI is InChI=1S/C23H25NO6/c1-6-13-29-18-10-7-17(8-11-18)9-12-19(25)30-16(4)22(26)21-14(2)20(15(3)24-21)23(27)28-5/h6-12,16,24H,1,13H2,2-5H3/b12-9+/t16-/m0/s1. The molecule has 0 amide bonds. The molecular formula is C23H25NO6. The summed E-state index contributed by atoms with van der Waals surface area (Å²) in [4.78, 5) is 39.5. The molecule has 1 heterocycles. The van der Waals surface area contributed by atoms with Crippen LogP contribution in [-0.2, 0) is 14.3 Å². The second kappa shape index (κ2) is 10.2. The van der Waals surface area contributed by atoms with Crippen molar-refractivity contribution in [3.8, 4) is 5.75 Å². The number of benzene rings is 1. The summed E-state index contributed by atoms with van der Waals surface area (Å²) in [6.07, 6.45) is 3.45. The van der Waals surface area contributed by atoms with Crippen LogP contribution in [0, 0.1) is 13.8 Å². The fourth-order valence-electron chi connectivity index (χ4n) is 2.87. The number of hydrogen-bond acceptors (Lipinski definition) is 6. The molecule has 2 aromatic rings. The number of nitrogens with one attached hydrogen (secondary N) is 1. The highest BCUT2D eigenvalue weighted by Gasteiger charge is 2.26. The number of carbonyl (C=O) groups excluding carboxylic acids is 3. The number of ketones is 1. The van der Waals surface area contributed by atoms with E-state index in [4.69, 9.17) is 14.2 Å². The Morgan fingerprint density at radius 3 is 2.43 bits per heavy atom. The van der Waals surface area contributed by atoms with Gasteiger partial charge >= 0.3 is 11.9 Å². The minimum Gasteiger partial charge on any atom is -0.490 e. The average molecular weight is 411 g/mol. The topological polar surface area (TPSA) is 94.7 Å². The van der Waals surface area contributed by atoms with Crippen molar-refractivity contribution in [1.29, 1.82) is 0 Å². The molecule has 1 aromatic heterocycles. The smallest absolute Gasteiger partial charge is 0.339 e. The molecule has 0 aliphatic carbocycles. The van der Waals surface area contributed by atoms with E-state index in [2.05, 4.69) is 11.6 Å². The van der Waals surface area contributed by atoms with Gasteiger partial charge in [0.15, 0.2) is 6.10 Å². The Labute approximate surface area is 175 Å². The van der Waals surface area contributed by atoms with Crippen molar-refractivity contribution < 1.29 is 28.6 Å². The lowest BCUT2D eigenvalue weighted by molar-refractivity contribution is -0.140. The summed E-state index contributed by atoms with van der Waals surface area (Å²) in [6.45, 7) is 8.78. The maximum absolute atomic E-state index is 12.7. The van der Waals surface area contributed by atoms with E-state index < -0.39 is 23.8 Å². The largest absolute Gasteiger partial charge is 0.490 e. The summed E-state index contributed by atoms with van der Waals surface area (Å²) < 4.78 is 15.3. The van der Waals surface area contributed by atoms with Crippen molar-refractivity contribution in [3.63, 3.8) is 0 Å². The summed E-state index contributed by atoms with van der Waals surface area (Å²) in [5.41, 5.74) is 2.27. The number of H-pyrrole nitrogens is 1. The van der Waals surface area contributed by atoms with Gasteiger partial charge in [0.2, 0.25) is 5.78 Å². The number of hydrogen-bond donors (Lipinski definition) is 1. The molecule has 30 heavy (non-hydrogen) atoms. The summed E-state index contributed by atoms with van der Waals surface area (Å²) in [5.74, 6) is -0.932. The van der Waals surface area contributed by atoms with Crippen molar-refractivity contribution in [3.05, 3.63) is 71.1 Å². The predicted octanol–water partition coefficient (Wildman–Crippen LogP) is 3.81. The molecule has 2 rings (SSSR count). The lowest BCUT2D eigenvalue weighted by Crippen LogP contribution is -2.24. The Morgan fingerprint density at radius 1 is 1.17 bits per heavy atom. The van der Waals surface area contributed by atoms with Gasteiger partial charge in [0.1, 0.15) is 12.4 Å². The van der Waals surface area contributed by atoms with Crippen molar-refractivity contribution in [1.82, 2.24) is 4.98 Å². The van der Waals surface area contributed by atoms with Gasteiger partial charge in [-0.2, -0.15) is 0 Å². The maximum Gasteiger partial charge on any atom is 0.339 e. The SMILES string of the molecule is C=CCOc1ccc(/C=C/C(=O)O[C@@H](C)C(=O)c2[nH]c(C)c(C(=O)OC)c2C)cc1. The van der Waals surface area contributed by atoms with Crippen LogP contribution in [0.2, 0.25) is 0 Å². The molecule has 1 atom stereocenters. The number of aromatic nitrogens is 1. The highest BCUT2D eigenvalue weighted by Crippen LogP contribution is 2.21. The average Bonchev–Trinajstić information content (AvgIpc) is 3.04. The molecule has 0 fully saturated rings. The zero-order valence-electron chi connectivity index (χ0n) is 17.5. The first-order valence-corrected chi connectivity index (χ1v) is 9.32. The number of esters is 2. The van der Waals surface area contributed by atoms with Gasteiger partial charge in [-0.15, -0.1) is 0 Å². The fourth-order valence-corrected chi connectivity index (χ4v) is 2.87. The molecule has 0 aliphatic rings. The predicted molar refractivity (Wildman–Crippen MR) is 113 cm³/mol. The molecule has 0 unspecified atom stereocenters. The van der Waals surface area contributed by atoms with Crippen LogP contribution in [0.5, 0.6) is 5.75 Å². The zero-order chi connectivity index (χ0) is 22.3. The van der Waals surface area contributed by atoms with Crippen LogP contribution >= 0.6 is 0 Å². The fraction of sp³-hybridized carbons (Fsp3) is 0.261. The first-order valence-electron chi connectivity index (χ1n) is 9.32. The van der Waals surface area contributed by atoms with Crippen LogP contribution in [0.1, 0.15) is 44.6 Å². The van der Waals surface area contributed by atoms with E-state index in [9.17, 15) is 14.4 Å². The van der Waals surface area contributed by atoms with Crippen LogP contribution < -0.4 is 4.74 Å². The van der Waals surface area contributed by atoms with Crippen molar-refractivity contribution in [2.45, 2.75) is 26.9 Å². The van der Waals surface area contributed by atoms with E-state index >= 15 is 0 Å². The van der Waals surface area contributed by atoms with E-state index in [0.717, 1.165) is 5.56 Å². The highest BCUT2D eigenvalue weighted by atomic mass is 16.5. The number of carbonyl (C=O) groups is 3. The van der Waals surface area contributed by atoms with Gasteiger partial charge < -0.3 is 19.2 Å². The van der Waals surface area contributed by atoms with E-state index in [1.807, 2.05) is 0 Å². The van der Waals surface area contributed by atoms with Crippen molar-refractivity contribution >= 4 is 23.8 Å². The second-order valence-corrected chi connectivity index (χ2v) is 6.56. The maximum atomic E-state index is 12.7. The molecular weight excluding hydrogens is 386 g/mol. The zero-order valence-corrected chi connectivity index (χ0v) is 17.5. The monoisotopic (exact) mass is 411 g/mol. The van der Waals surface area contributed by atoms with Gasteiger partial charge in [-0.3, -0.25) is 4.79 Å². The molecule has 0 radical (unpaired) electrons. The minimum absolute atomic E-state index is 0.215. The number of aromatic amines is 1. The van der Waals surface area contributed by atoms with Gasteiger partial charge in [0.25, 0.3) is 0 Å². The van der Waals surface area contributed by atoms with E-state index in [-0.39, 0.29) is 5.69 Å². The third kappa shape index (κ3) is 5.47. The molecule has 0 saturated carbocycles. The molecule has 7 nitrogen and oxygen atoms in total.